The number of carbonyl (C=O) groups is 1. The molecule has 1 unspecified atom stereocenters. The molecule has 2 aromatic carbocycles. The van der Waals surface area contributed by atoms with Gasteiger partial charge in [0, 0.05) is 11.1 Å². The van der Waals surface area contributed by atoms with E-state index in [0.29, 0.717) is 5.92 Å². The van der Waals surface area contributed by atoms with Gasteiger partial charge >= 0.3 is 0 Å². The van der Waals surface area contributed by atoms with Gasteiger partial charge in [0.2, 0.25) is 0 Å². The molecular weight excluding hydrogens is 308 g/mol. The number of ketones is 1. The predicted molar refractivity (Wildman–Crippen MR) is 98.2 cm³/mol. The normalized spacial score (nSPS) is 25.3. The van der Waals surface area contributed by atoms with Crippen molar-refractivity contribution in [3.05, 3.63) is 82.9 Å². The lowest BCUT2D eigenvalue weighted by molar-refractivity contribution is -0.117. The summed E-state index contributed by atoms with van der Waals surface area (Å²) in [5.74, 6) is 0.724. The molecule has 2 nitrogen and oxygen atoms in total. The van der Waals surface area contributed by atoms with Gasteiger partial charge < -0.3 is 5.11 Å². The van der Waals surface area contributed by atoms with Crippen molar-refractivity contribution in [2.24, 2.45) is 5.92 Å². The van der Waals surface area contributed by atoms with E-state index in [9.17, 15) is 9.90 Å². The Morgan fingerprint density at radius 2 is 1.68 bits per heavy atom. The first-order chi connectivity index (χ1) is 12.2. The molecule has 0 bridgehead atoms. The maximum Gasteiger partial charge on any atom is 0.179 e. The summed E-state index contributed by atoms with van der Waals surface area (Å²) in [6.45, 7) is 0. The summed E-state index contributed by atoms with van der Waals surface area (Å²) in [4.78, 5) is 13.9. The van der Waals surface area contributed by atoms with Gasteiger partial charge in [-0.15, -0.1) is 0 Å². The number of carbonyl (C=O) groups excluding carboxylic acids is 1. The van der Waals surface area contributed by atoms with Gasteiger partial charge in [0.05, 0.1) is 5.41 Å². The summed E-state index contributed by atoms with van der Waals surface area (Å²) < 4.78 is 0. The quantitative estimate of drug-likeness (QED) is 0.879. The maximum absolute atomic E-state index is 13.9. The van der Waals surface area contributed by atoms with E-state index in [1.807, 2.05) is 48.5 Å². The predicted octanol–water partition coefficient (Wildman–Crippen LogP) is 4.80. The molecule has 1 atom stereocenters. The molecule has 2 aromatic rings. The molecule has 5 rings (SSSR count). The van der Waals surface area contributed by atoms with E-state index in [1.54, 1.807) is 6.07 Å². The molecular formula is C23H20O2. The van der Waals surface area contributed by atoms with E-state index in [4.69, 9.17) is 0 Å². The molecule has 0 aliphatic heterocycles. The van der Waals surface area contributed by atoms with E-state index in [2.05, 4.69) is 6.08 Å². The molecule has 0 amide bonds. The number of Topliss-reactive ketones (excluding diaryl/α,β-unsaturated/α-hetero) is 1. The summed E-state index contributed by atoms with van der Waals surface area (Å²) in [6.07, 6.45) is 6.25. The van der Waals surface area contributed by atoms with E-state index in [-0.39, 0.29) is 11.5 Å². The number of allylic oxidation sites excluding steroid dienone is 4. The molecule has 3 aliphatic rings. The molecule has 0 radical (unpaired) electrons. The van der Waals surface area contributed by atoms with Gasteiger partial charge in [0.1, 0.15) is 5.75 Å². The third-order valence-electron chi connectivity index (χ3n) is 5.96. The van der Waals surface area contributed by atoms with Crippen LogP contribution in [0, 0.1) is 5.92 Å². The SMILES string of the molecule is O=C1C(c2ccccc2)=C2CCC=C2C1(c1ccccc1O)C1CC1. The van der Waals surface area contributed by atoms with Crippen molar-refractivity contribution >= 4 is 11.4 Å². The summed E-state index contributed by atoms with van der Waals surface area (Å²) in [7, 11) is 0. The highest BCUT2D eigenvalue weighted by molar-refractivity contribution is 6.32. The van der Waals surface area contributed by atoms with Crippen molar-refractivity contribution in [2.75, 3.05) is 0 Å². The van der Waals surface area contributed by atoms with E-state index < -0.39 is 5.41 Å². The molecule has 2 heteroatoms. The molecule has 1 fully saturated rings. The first-order valence-corrected chi connectivity index (χ1v) is 9.07. The van der Waals surface area contributed by atoms with Crippen molar-refractivity contribution in [2.45, 2.75) is 31.1 Å². The van der Waals surface area contributed by atoms with Gasteiger partial charge in [-0.2, -0.15) is 0 Å². The second-order valence-corrected chi connectivity index (χ2v) is 7.30. The molecule has 0 aromatic heterocycles. The van der Waals surface area contributed by atoms with Crippen LogP contribution in [0.15, 0.2) is 71.8 Å². The molecule has 1 N–H and O–H groups in total. The van der Waals surface area contributed by atoms with Crippen LogP contribution >= 0.6 is 0 Å². The molecule has 1 saturated carbocycles. The average molecular weight is 328 g/mol. The third-order valence-corrected chi connectivity index (χ3v) is 5.96. The Morgan fingerprint density at radius 3 is 2.40 bits per heavy atom. The second-order valence-electron chi connectivity index (χ2n) is 7.30. The third kappa shape index (κ3) is 1.88. The highest BCUT2D eigenvalue weighted by atomic mass is 16.3. The monoisotopic (exact) mass is 328 g/mol. The van der Waals surface area contributed by atoms with E-state index in [0.717, 1.165) is 42.4 Å². The van der Waals surface area contributed by atoms with Crippen LogP contribution < -0.4 is 0 Å². The summed E-state index contributed by atoms with van der Waals surface area (Å²) in [5, 5.41) is 10.6. The molecule has 3 aliphatic carbocycles. The second kappa shape index (κ2) is 5.19. The van der Waals surface area contributed by atoms with Crippen molar-refractivity contribution in [1.82, 2.24) is 0 Å². The van der Waals surface area contributed by atoms with Gasteiger partial charge in [0.15, 0.2) is 5.78 Å². The Morgan fingerprint density at radius 1 is 0.960 bits per heavy atom. The van der Waals surface area contributed by atoms with Crippen molar-refractivity contribution in [1.29, 1.82) is 0 Å². The summed E-state index contributed by atoms with van der Waals surface area (Å²) in [5.41, 5.74) is 4.36. The number of phenolic OH excluding ortho intramolecular Hbond substituents is 1. The molecule has 0 heterocycles. The van der Waals surface area contributed by atoms with Crippen LogP contribution in [0.3, 0.4) is 0 Å². The van der Waals surface area contributed by atoms with Gasteiger partial charge in [0.25, 0.3) is 0 Å². The highest BCUT2D eigenvalue weighted by Gasteiger charge is 2.61. The van der Waals surface area contributed by atoms with Crippen molar-refractivity contribution in [3.63, 3.8) is 0 Å². The number of rotatable bonds is 3. The minimum absolute atomic E-state index is 0.184. The minimum Gasteiger partial charge on any atom is -0.508 e. The lowest BCUT2D eigenvalue weighted by Gasteiger charge is -2.31. The number of benzene rings is 2. The topological polar surface area (TPSA) is 37.3 Å². The summed E-state index contributed by atoms with van der Waals surface area (Å²) in [6, 6.07) is 17.4. The Bertz CT molecular complexity index is 932. The smallest absolute Gasteiger partial charge is 0.179 e. The van der Waals surface area contributed by atoms with Crippen molar-refractivity contribution < 1.29 is 9.90 Å². The molecule has 25 heavy (non-hydrogen) atoms. The largest absolute Gasteiger partial charge is 0.508 e. The first-order valence-electron chi connectivity index (χ1n) is 9.07. The van der Waals surface area contributed by atoms with Gasteiger partial charge in [-0.05, 0) is 54.4 Å². The number of aromatic hydroxyl groups is 1. The Balaban J connectivity index is 1.78. The number of phenols is 1. The summed E-state index contributed by atoms with van der Waals surface area (Å²) >= 11 is 0. The number of para-hydroxylation sites is 1. The maximum atomic E-state index is 13.9. The minimum atomic E-state index is -0.678. The molecule has 124 valence electrons. The fraction of sp³-hybridized carbons (Fsp3) is 0.261. The Hall–Kier alpha value is -2.61. The zero-order valence-electron chi connectivity index (χ0n) is 14.0. The van der Waals surface area contributed by atoms with Crippen LogP contribution in [0.1, 0.15) is 36.8 Å². The van der Waals surface area contributed by atoms with Crippen molar-refractivity contribution in [3.8, 4) is 5.75 Å². The van der Waals surface area contributed by atoms with Crippen LogP contribution in [-0.4, -0.2) is 10.9 Å². The fourth-order valence-electron chi connectivity index (χ4n) is 4.86. The lowest BCUT2D eigenvalue weighted by Crippen LogP contribution is -2.37. The lowest BCUT2D eigenvalue weighted by atomic mass is 9.68. The van der Waals surface area contributed by atoms with Gasteiger partial charge in [-0.25, -0.2) is 0 Å². The average Bonchev–Trinajstić information content (AvgIpc) is 3.32. The van der Waals surface area contributed by atoms with Crippen LogP contribution in [0.2, 0.25) is 0 Å². The molecule has 0 spiro atoms. The zero-order valence-corrected chi connectivity index (χ0v) is 14.0. The fourth-order valence-corrected chi connectivity index (χ4v) is 4.86. The Labute approximate surface area is 147 Å². The van der Waals surface area contributed by atoms with Crippen LogP contribution in [0.25, 0.3) is 5.57 Å². The van der Waals surface area contributed by atoms with E-state index in [1.165, 1.54) is 11.1 Å². The highest BCUT2D eigenvalue weighted by Crippen LogP contribution is 2.63. The van der Waals surface area contributed by atoms with Gasteiger partial charge in [-0.1, -0.05) is 54.6 Å². The van der Waals surface area contributed by atoms with Gasteiger partial charge in [-0.3, -0.25) is 4.79 Å². The van der Waals surface area contributed by atoms with Crippen LogP contribution in [-0.2, 0) is 10.2 Å². The number of hydrogen-bond acceptors (Lipinski definition) is 2. The number of hydrogen-bond donors (Lipinski definition) is 1. The van der Waals surface area contributed by atoms with E-state index >= 15 is 0 Å². The standard InChI is InChI=1S/C23H20O2/c24-20-12-5-4-10-19(20)23(16-13-14-16)18-11-6-9-17(18)21(22(23)25)15-7-2-1-3-8-15/h1-5,7-8,10-12,16,24H,6,9,13-14H2. The van der Waals surface area contributed by atoms with Crippen LogP contribution in [0.4, 0.5) is 0 Å². The Kier molecular flexibility index (Phi) is 3.05. The zero-order chi connectivity index (χ0) is 17.0. The van der Waals surface area contributed by atoms with Crippen LogP contribution in [0.5, 0.6) is 5.75 Å². The molecule has 0 saturated heterocycles. The number of fused-ring (bicyclic) bond motifs is 1. The first kappa shape index (κ1) is 14.7.